The summed E-state index contributed by atoms with van der Waals surface area (Å²) in [6, 6.07) is 10.3. The topological polar surface area (TPSA) is 54.4 Å². The van der Waals surface area contributed by atoms with Crippen molar-refractivity contribution in [1.29, 1.82) is 0 Å². The fraction of sp³-hybridized carbons (Fsp3) is 0.200. The van der Waals surface area contributed by atoms with E-state index >= 15 is 0 Å². The molecule has 3 nitrogen and oxygen atoms in total. The number of hydrogen-bond donors (Lipinski definition) is 1. The average molecular weight is 238 g/mol. The minimum atomic E-state index is -3.85. The molecular weight excluding hydrogens is 223 g/mol. The summed E-state index contributed by atoms with van der Waals surface area (Å²) in [4.78, 5) is 0. The molecule has 15 heavy (non-hydrogen) atoms. The minimum absolute atomic E-state index is 0. The molecule has 0 saturated heterocycles. The SMILES string of the molecule is CC=CS(=O)(=O)O.Cc1ccccc1.[H-].[Na+]. The Kier molecular flexibility index (Phi) is 10.5. The van der Waals surface area contributed by atoms with Gasteiger partial charge >= 0.3 is 29.6 Å². The third kappa shape index (κ3) is 13.9. The molecule has 5 heteroatoms. The van der Waals surface area contributed by atoms with Crippen LogP contribution in [0.4, 0.5) is 0 Å². The van der Waals surface area contributed by atoms with Crippen LogP contribution in [0.3, 0.4) is 0 Å². The maximum Gasteiger partial charge on any atom is 1.00 e. The first-order valence-corrected chi connectivity index (χ1v) is 5.58. The maximum atomic E-state index is 9.70. The van der Waals surface area contributed by atoms with Crippen molar-refractivity contribution < 1.29 is 44.0 Å². The van der Waals surface area contributed by atoms with Crippen LogP contribution in [0.2, 0.25) is 0 Å². The van der Waals surface area contributed by atoms with Gasteiger partial charge in [-0.15, -0.1) is 0 Å². The number of hydrogen-bond acceptors (Lipinski definition) is 2. The van der Waals surface area contributed by atoms with Gasteiger partial charge in [0.1, 0.15) is 0 Å². The van der Waals surface area contributed by atoms with E-state index in [0.29, 0.717) is 5.41 Å². The van der Waals surface area contributed by atoms with Gasteiger partial charge in [-0.3, -0.25) is 4.55 Å². The number of allylic oxidation sites excluding steroid dienone is 1. The van der Waals surface area contributed by atoms with E-state index in [-0.39, 0.29) is 31.0 Å². The molecule has 1 N–H and O–H groups in total. The molecule has 0 atom stereocenters. The molecule has 0 spiro atoms. The third-order valence-corrected chi connectivity index (χ3v) is 1.86. The summed E-state index contributed by atoms with van der Waals surface area (Å²) in [5.41, 5.74) is 1.32. The van der Waals surface area contributed by atoms with Crippen LogP contribution in [0.25, 0.3) is 0 Å². The standard InChI is InChI=1S/C7H8.C3H6O3S.Na.H/c1-7-5-3-2-4-6-7;1-2-3-7(4,5)6;;/h2-6H,1H3;2-3H,1H3,(H,4,5,6);;/q;;+1;-1. The van der Waals surface area contributed by atoms with Gasteiger partial charge in [0.25, 0.3) is 10.1 Å². The van der Waals surface area contributed by atoms with Gasteiger partial charge in [0.2, 0.25) is 0 Å². The van der Waals surface area contributed by atoms with E-state index in [1.54, 1.807) is 0 Å². The molecule has 0 aliphatic rings. The van der Waals surface area contributed by atoms with E-state index in [0.717, 1.165) is 0 Å². The van der Waals surface area contributed by atoms with E-state index in [1.807, 2.05) is 18.2 Å². The molecule has 1 rings (SSSR count). The molecule has 0 aliphatic carbocycles. The van der Waals surface area contributed by atoms with Crippen molar-refractivity contribution in [1.82, 2.24) is 0 Å². The van der Waals surface area contributed by atoms with E-state index in [1.165, 1.54) is 18.6 Å². The zero-order valence-electron chi connectivity index (χ0n) is 10.2. The van der Waals surface area contributed by atoms with Crippen LogP contribution in [-0.4, -0.2) is 13.0 Å². The molecule has 0 radical (unpaired) electrons. The van der Waals surface area contributed by atoms with Crippen LogP contribution >= 0.6 is 0 Å². The predicted octanol–water partition coefficient (Wildman–Crippen LogP) is -0.481. The van der Waals surface area contributed by atoms with E-state index in [4.69, 9.17) is 4.55 Å². The molecule has 1 aromatic rings. The van der Waals surface area contributed by atoms with Crippen LogP contribution in [0.1, 0.15) is 13.9 Å². The molecule has 0 heterocycles. The van der Waals surface area contributed by atoms with Crippen molar-refractivity contribution in [2.45, 2.75) is 13.8 Å². The maximum absolute atomic E-state index is 9.70. The quantitative estimate of drug-likeness (QED) is 0.531. The van der Waals surface area contributed by atoms with Gasteiger partial charge in [0.15, 0.2) is 0 Å². The summed E-state index contributed by atoms with van der Waals surface area (Å²) < 4.78 is 27.3. The van der Waals surface area contributed by atoms with E-state index < -0.39 is 10.1 Å². The van der Waals surface area contributed by atoms with Gasteiger partial charge in [0, 0.05) is 0 Å². The summed E-state index contributed by atoms with van der Waals surface area (Å²) in [5.74, 6) is 0. The Morgan fingerprint density at radius 3 is 1.87 bits per heavy atom. The molecular formula is C10H15NaO3S. The first-order valence-electron chi connectivity index (χ1n) is 4.07. The Labute approximate surface area is 115 Å². The molecule has 80 valence electrons. The largest absolute Gasteiger partial charge is 1.00 e. The predicted molar refractivity (Wildman–Crippen MR) is 58.7 cm³/mol. The molecule has 0 amide bonds. The second kappa shape index (κ2) is 9.12. The number of aryl methyl sites for hydroxylation is 1. The van der Waals surface area contributed by atoms with Gasteiger partial charge < -0.3 is 1.43 Å². The van der Waals surface area contributed by atoms with Crippen LogP contribution in [0, 0.1) is 6.92 Å². The summed E-state index contributed by atoms with van der Waals surface area (Å²) in [6.07, 6.45) is 1.25. The van der Waals surface area contributed by atoms with E-state index in [9.17, 15) is 8.42 Å². The molecule has 0 unspecified atom stereocenters. The van der Waals surface area contributed by atoms with Crippen molar-refractivity contribution >= 4 is 10.1 Å². The third-order valence-electron chi connectivity index (χ3n) is 1.25. The van der Waals surface area contributed by atoms with Crippen LogP contribution in [-0.2, 0) is 10.1 Å². The summed E-state index contributed by atoms with van der Waals surface area (Å²) in [6.45, 7) is 3.59. The molecule has 0 fully saturated rings. The smallest absolute Gasteiger partial charge is 1.00 e. The number of rotatable bonds is 1. The summed E-state index contributed by atoms with van der Waals surface area (Å²) >= 11 is 0. The van der Waals surface area contributed by atoms with Crippen LogP contribution in [0.15, 0.2) is 41.8 Å². The Hall–Kier alpha value is -0.130. The first-order chi connectivity index (χ1) is 6.45. The van der Waals surface area contributed by atoms with Crippen molar-refractivity contribution in [3.05, 3.63) is 47.4 Å². The Balaban J connectivity index is -0.000000188. The summed E-state index contributed by atoms with van der Waals surface area (Å²) in [5, 5.41) is 0.715. The fourth-order valence-electron chi connectivity index (χ4n) is 0.706. The number of benzene rings is 1. The minimum Gasteiger partial charge on any atom is -1.00 e. The van der Waals surface area contributed by atoms with Gasteiger partial charge in [-0.2, -0.15) is 8.42 Å². The fourth-order valence-corrected chi connectivity index (χ4v) is 1.05. The molecule has 0 aliphatic heterocycles. The van der Waals surface area contributed by atoms with Crippen LogP contribution in [0.5, 0.6) is 0 Å². The monoisotopic (exact) mass is 238 g/mol. The molecule has 1 aromatic carbocycles. The van der Waals surface area contributed by atoms with Crippen molar-refractivity contribution in [2.24, 2.45) is 0 Å². The molecule has 0 bridgehead atoms. The van der Waals surface area contributed by atoms with Gasteiger partial charge in [0.05, 0.1) is 5.41 Å². The van der Waals surface area contributed by atoms with Crippen molar-refractivity contribution in [3.63, 3.8) is 0 Å². The van der Waals surface area contributed by atoms with Crippen molar-refractivity contribution in [3.8, 4) is 0 Å². The van der Waals surface area contributed by atoms with Gasteiger partial charge in [-0.25, -0.2) is 0 Å². The molecule has 0 saturated carbocycles. The Morgan fingerprint density at radius 2 is 1.73 bits per heavy atom. The average Bonchev–Trinajstić information content (AvgIpc) is 2.04. The van der Waals surface area contributed by atoms with E-state index in [2.05, 4.69) is 19.1 Å². The first kappa shape index (κ1) is 17.3. The summed E-state index contributed by atoms with van der Waals surface area (Å²) in [7, 11) is -3.85. The van der Waals surface area contributed by atoms with Gasteiger partial charge in [-0.05, 0) is 13.8 Å². The Morgan fingerprint density at radius 1 is 1.27 bits per heavy atom. The van der Waals surface area contributed by atoms with Crippen molar-refractivity contribution in [2.75, 3.05) is 0 Å². The zero-order chi connectivity index (χ0) is 11.0. The normalized spacial score (nSPS) is 10.1. The van der Waals surface area contributed by atoms with Crippen LogP contribution < -0.4 is 29.6 Å². The van der Waals surface area contributed by atoms with Gasteiger partial charge in [-0.1, -0.05) is 42.0 Å². The second-order valence-electron chi connectivity index (χ2n) is 2.64. The Bertz CT molecular complexity index is 376. The molecule has 0 aromatic heterocycles. The zero-order valence-corrected chi connectivity index (χ0v) is 12.0. The second-order valence-corrected chi connectivity index (χ2v) is 3.94.